The number of β-lactam (4-membered cyclic amide) rings is 1. The number of thiazole rings is 1. The summed E-state index contributed by atoms with van der Waals surface area (Å²) in [7, 11) is 0. The predicted octanol–water partition coefficient (Wildman–Crippen LogP) is -0.389. The molecule has 0 spiro atoms. The number of carbonyl (C=O) groups is 5. The number of nitrogens with one attached hydrogen (secondary N) is 1. The van der Waals surface area contributed by atoms with Crippen LogP contribution in [0.1, 0.15) is 26.5 Å². The number of hydrogen-bond acceptors (Lipinski definition) is 12. The molecule has 0 aromatic carbocycles. The number of ether oxygens (including phenoxy) is 1. The summed E-state index contributed by atoms with van der Waals surface area (Å²) in [5.41, 5.74) is 3.38. The number of carboxylic acids is 2. The molecule has 0 bridgehead atoms. The number of aliphatic carboxylic acids is 2. The van der Waals surface area contributed by atoms with Gasteiger partial charge in [0.1, 0.15) is 29.4 Å². The minimum Gasteiger partial charge on any atom is -0.478 e. The summed E-state index contributed by atoms with van der Waals surface area (Å²) >= 11 is 2.18. The minimum absolute atomic E-state index is 0.000836. The van der Waals surface area contributed by atoms with E-state index in [2.05, 4.69) is 15.5 Å². The molecule has 1 fully saturated rings. The first-order chi connectivity index (χ1) is 16.3. The van der Waals surface area contributed by atoms with Crippen molar-refractivity contribution in [2.75, 3.05) is 18.1 Å². The molecule has 1 aromatic rings. The number of aromatic nitrogens is 1. The standard InChI is InChI=1S/C19H21N5O9S2/c1-7(25)32-4-8-5-34-15-11(14(27)24(15)12(8)16(28)29)22-13(26)10(9-6-35-18(20)21-9)23-33-19(2,3)17(30)31/h6,11,15H,4-5H2,1-3H3,(H2,20,21)(H,22,26)(H,28,29)(H,30,31)/b23-10-/t11-,15+/m1/s1. The van der Waals surface area contributed by atoms with Gasteiger partial charge < -0.3 is 30.8 Å². The molecule has 2 atom stereocenters. The van der Waals surface area contributed by atoms with Crippen LogP contribution >= 0.6 is 23.1 Å². The highest BCUT2D eigenvalue weighted by Gasteiger charge is 2.54. The van der Waals surface area contributed by atoms with E-state index in [4.69, 9.17) is 15.3 Å². The molecule has 3 heterocycles. The monoisotopic (exact) mass is 527 g/mol. The smallest absolute Gasteiger partial charge is 0.352 e. The Hall–Kier alpha value is -3.66. The first kappa shape index (κ1) is 26.0. The minimum atomic E-state index is -1.77. The number of amides is 2. The van der Waals surface area contributed by atoms with Gasteiger partial charge in [-0.2, -0.15) is 0 Å². The summed E-state index contributed by atoms with van der Waals surface area (Å²) < 4.78 is 4.88. The summed E-state index contributed by atoms with van der Waals surface area (Å²) in [6.07, 6.45) is 0. The van der Waals surface area contributed by atoms with Gasteiger partial charge in [-0.15, -0.1) is 23.1 Å². The second-order valence-corrected chi connectivity index (χ2v) is 9.81. The van der Waals surface area contributed by atoms with E-state index in [0.29, 0.717) is 0 Å². The number of nitrogen functional groups attached to an aromatic ring is 1. The van der Waals surface area contributed by atoms with Crippen LogP contribution in [-0.2, 0) is 33.5 Å². The Labute approximate surface area is 206 Å². The number of carboxylic acid groups (broad SMARTS) is 2. The SMILES string of the molecule is CC(=O)OCC1=C(C(=O)O)N2C(=O)[C@@H](NC(=O)/C(=N\OC(C)(C)C(=O)O)c3csc(N)n3)[C@@H]2SC1. The molecule has 2 aliphatic rings. The molecular formula is C19H21N5O9S2. The Morgan fingerprint density at radius 1 is 1.34 bits per heavy atom. The Bertz CT molecular complexity index is 1160. The Morgan fingerprint density at radius 3 is 2.57 bits per heavy atom. The number of carbonyl (C=O) groups excluding carboxylic acids is 3. The number of nitrogens with zero attached hydrogens (tertiary/aromatic N) is 3. The van der Waals surface area contributed by atoms with Gasteiger partial charge in [0.25, 0.3) is 11.8 Å². The van der Waals surface area contributed by atoms with Crippen LogP contribution in [0.25, 0.3) is 0 Å². The van der Waals surface area contributed by atoms with E-state index in [1.54, 1.807) is 0 Å². The molecule has 1 saturated heterocycles. The average Bonchev–Trinajstić information content (AvgIpc) is 3.20. The van der Waals surface area contributed by atoms with Crippen LogP contribution in [0.4, 0.5) is 5.13 Å². The molecule has 0 unspecified atom stereocenters. The lowest BCUT2D eigenvalue weighted by molar-refractivity contribution is -0.161. The highest BCUT2D eigenvalue weighted by Crippen LogP contribution is 2.40. The first-order valence-corrected chi connectivity index (χ1v) is 11.8. The van der Waals surface area contributed by atoms with Crippen LogP contribution in [0.5, 0.6) is 0 Å². The third kappa shape index (κ3) is 5.37. The highest BCUT2D eigenvalue weighted by molar-refractivity contribution is 8.00. The Morgan fingerprint density at radius 2 is 2.03 bits per heavy atom. The van der Waals surface area contributed by atoms with Crippen molar-refractivity contribution in [3.05, 3.63) is 22.3 Å². The van der Waals surface area contributed by atoms with E-state index in [1.165, 1.54) is 37.9 Å². The normalized spacial score (nSPS) is 20.0. The Balaban J connectivity index is 1.82. The van der Waals surface area contributed by atoms with Crippen molar-refractivity contribution < 1.29 is 43.8 Å². The molecular weight excluding hydrogens is 506 g/mol. The predicted molar refractivity (Wildman–Crippen MR) is 122 cm³/mol. The van der Waals surface area contributed by atoms with Gasteiger partial charge in [-0.1, -0.05) is 5.16 Å². The first-order valence-electron chi connectivity index (χ1n) is 9.88. The largest absolute Gasteiger partial charge is 0.478 e. The molecule has 2 amide bonds. The molecule has 1 aromatic heterocycles. The van der Waals surface area contributed by atoms with Crippen LogP contribution < -0.4 is 11.1 Å². The van der Waals surface area contributed by atoms with E-state index >= 15 is 0 Å². The van der Waals surface area contributed by atoms with Gasteiger partial charge >= 0.3 is 17.9 Å². The molecule has 0 radical (unpaired) electrons. The van der Waals surface area contributed by atoms with Crippen molar-refractivity contribution in [2.45, 2.75) is 37.8 Å². The average molecular weight is 528 g/mol. The van der Waals surface area contributed by atoms with E-state index in [1.807, 2.05) is 0 Å². The van der Waals surface area contributed by atoms with Crippen molar-refractivity contribution in [2.24, 2.45) is 5.16 Å². The summed E-state index contributed by atoms with van der Waals surface area (Å²) in [5, 5.41) is 25.8. The summed E-state index contributed by atoms with van der Waals surface area (Å²) in [4.78, 5) is 70.1. The topological polar surface area (TPSA) is 211 Å². The highest BCUT2D eigenvalue weighted by atomic mass is 32.2. The number of rotatable bonds is 9. The van der Waals surface area contributed by atoms with Crippen LogP contribution in [-0.4, -0.2) is 84.9 Å². The Kier molecular flexibility index (Phi) is 7.35. The number of oxime groups is 1. The van der Waals surface area contributed by atoms with E-state index in [-0.39, 0.29) is 34.5 Å². The van der Waals surface area contributed by atoms with Crippen LogP contribution in [0.2, 0.25) is 0 Å². The lowest BCUT2D eigenvalue weighted by atomic mass is 10.0. The maximum Gasteiger partial charge on any atom is 0.352 e. The third-order valence-electron chi connectivity index (χ3n) is 4.85. The van der Waals surface area contributed by atoms with Gasteiger partial charge in [-0.05, 0) is 13.8 Å². The second kappa shape index (κ2) is 9.91. The van der Waals surface area contributed by atoms with Gasteiger partial charge in [0.15, 0.2) is 10.8 Å². The number of fused-ring (bicyclic) bond motifs is 1. The summed E-state index contributed by atoms with van der Waals surface area (Å²) in [6, 6.07) is -1.11. The number of thioether (sulfide) groups is 1. The molecule has 0 saturated carbocycles. The summed E-state index contributed by atoms with van der Waals surface area (Å²) in [6.45, 7) is 3.35. The van der Waals surface area contributed by atoms with Crippen LogP contribution in [0.3, 0.4) is 0 Å². The molecule has 0 aliphatic carbocycles. The molecule has 3 rings (SSSR count). The van der Waals surface area contributed by atoms with Gasteiger partial charge in [-0.3, -0.25) is 19.3 Å². The zero-order valence-corrected chi connectivity index (χ0v) is 20.3. The fraction of sp³-hybridized carbons (Fsp3) is 0.421. The number of nitrogens with two attached hydrogens (primary N) is 1. The third-order valence-corrected chi connectivity index (χ3v) is 6.86. The molecule has 2 aliphatic heterocycles. The number of hydrogen-bond donors (Lipinski definition) is 4. The molecule has 14 nitrogen and oxygen atoms in total. The molecule has 188 valence electrons. The van der Waals surface area contributed by atoms with Crippen molar-refractivity contribution in [1.82, 2.24) is 15.2 Å². The fourth-order valence-corrected chi connectivity index (χ4v) is 4.87. The van der Waals surface area contributed by atoms with Gasteiger partial charge in [0, 0.05) is 23.6 Å². The number of anilines is 1. The van der Waals surface area contributed by atoms with E-state index < -0.39 is 52.5 Å². The van der Waals surface area contributed by atoms with E-state index in [0.717, 1.165) is 16.2 Å². The quantitative estimate of drug-likeness (QED) is 0.140. The van der Waals surface area contributed by atoms with Crippen LogP contribution in [0, 0.1) is 0 Å². The lowest BCUT2D eigenvalue weighted by Crippen LogP contribution is -2.71. The summed E-state index contributed by atoms with van der Waals surface area (Å²) in [5.74, 6) is -4.76. The van der Waals surface area contributed by atoms with Gasteiger partial charge in [0.2, 0.25) is 5.60 Å². The van der Waals surface area contributed by atoms with Crippen molar-refractivity contribution in [3.63, 3.8) is 0 Å². The zero-order valence-electron chi connectivity index (χ0n) is 18.6. The van der Waals surface area contributed by atoms with E-state index in [9.17, 15) is 34.2 Å². The lowest BCUT2D eigenvalue weighted by Gasteiger charge is -2.49. The zero-order chi connectivity index (χ0) is 26.1. The van der Waals surface area contributed by atoms with Gasteiger partial charge in [-0.25, -0.2) is 14.6 Å². The van der Waals surface area contributed by atoms with Crippen molar-refractivity contribution in [1.29, 1.82) is 0 Å². The van der Waals surface area contributed by atoms with Crippen LogP contribution in [0.15, 0.2) is 21.8 Å². The molecule has 35 heavy (non-hydrogen) atoms. The fourth-order valence-electron chi connectivity index (χ4n) is 2.99. The molecule has 5 N–H and O–H groups in total. The second-order valence-electron chi connectivity index (χ2n) is 7.82. The maximum atomic E-state index is 13.0. The van der Waals surface area contributed by atoms with Crippen molar-refractivity contribution >= 4 is 63.7 Å². The van der Waals surface area contributed by atoms with Crippen molar-refractivity contribution in [3.8, 4) is 0 Å². The van der Waals surface area contributed by atoms with Gasteiger partial charge in [0.05, 0.1) is 0 Å². The number of esters is 1. The molecule has 16 heteroatoms. The maximum absolute atomic E-state index is 13.0.